The van der Waals surface area contributed by atoms with Crippen LogP contribution < -0.4 is 10.6 Å². The lowest BCUT2D eigenvalue weighted by Crippen LogP contribution is -2.40. The third-order valence-electron chi connectivity index (χ3n) is 5.63. The first-order valence-corrected chi connectivity index (χ1v) is 10.6. The van der Waals surface area contributed by atoms with Crippen molar-refractivity contribution in [1.82, 2.24) is 15.5 Å². The van der Waals surface area contributed by atoms with Crippen LogP contribution in [0.25, 0.3) is 0 Å². The zero-order chi connectivity index (χ0) is 20.1. The van der Waals surface area contributed by atoms with Gasteiger partial charge in [-0.25, -0.2) is 0 Å². The largest absolute Gasteiger partial charge is 0.469 e. The van der Waals surface area contributed by atoms with E-state index in [0.29, 0.717) is 30.8 Å². The molecule has 0 spiro atoms. The molecule has 29 heavy (non-hydrogen) atoms. The number of carbonyl (C=O) groups is 1. The fourth-order valence-corrected chi connectivity index (χ4v) is 3.83. The minimum absolute atomic E-state index is 0.138. The van der Waals surface area contributed by atoms with Crippen molar-refractivity contribution in [2.45, 2.75) is 44.7 Å². The van der Waals surface area contributed by atoms with E-state index in [9.17, 15) is 4.79 Å². The Hall–Kier alpha value is -2.76. The highest BCUT2D eigenvalue weighted by Gasteiger charge is 2.39. The van der Waals surface area contributed by atoms with Crippen molar-refractivity contribution < 1.29 is 9.21 Å². The van der Waals surface area contributed by atoms with Crippen LogP contribution in [0.2, 0.25) is 0 Å². The maximum atomic E-state index is 12.2. The van der Waals surface area contributed by atoms with Crippen LogP contribution in [0.3, 0.4) is 0 Å². The van der Waals surface area contributed by atoms with Crippen molar-refractivity contribution in [3.8, 4) is 0 Å². The van der Waals surface area contributed by atoms with Crippen LogP contribution in [0.5, 0.6) is 0 Å². The molecule has 0 radical (unpaired) electrons. The van der Waals surface area contributed by atoms with Crippen LogP contribution in [0.1, 0.15) is 43.6 Å². The van der Waals surface area contributed by atoms with E-state index in [0.717, 1.165) is 44.1 Å². The second kappa shape index (κ2) is 9.16. The monoisotopic (exact) mass is 394 g/mol. The summed E-state index contributed by atoms with van der Waals surface area (Å²) in [7, 11) is 0. The van der Waals surface area contributed by atoms with Crippen molar-refractivity contribution >= 4 is 11.9 Å². The lowest BCUT2D eigenvalue weighted by atomic mass is 10.1. The highest BCUT2D eigenvalue weighted by atomic mass is 16.3. The lowest BCUT2D eigenvalue weighted by Gasteiger charge is -2.19. The third-order valence-corrected chi connectivity index (χ3v) is 5.63. The lowest BCUT2D eigenvalue weighted by molar-refractivity contribution is -0.128. The number of hydrogen-bond donors (Lipinski definition) is 2. The number of aliphatic imine (C=N–C) groups is 1. The van der Waals surface area contributed by atoms with Crippen LogP contribution in [-0.2, 0) is 11.2 Å². The maximum absolute atomic E-state index is 12.2. The Kier molecular flexibility index (Phi) is 6.17. The van der Waals surface area contributed by atoms with Gasteiger partial charge in [-0.2, -0.15) is 0 Å². The Labute approximate surface area is 172 Å². The van der Waals surface area contributed by atoms with Gasteiger partial charge in [0.1, 0.15) is 5.76 Å². The molecule has 2 N–H and O–H groups in total. The first-order valence-electron chi connectivity index (χ1n) is 10.6. The van der Waals surface area contributed by atoms with E-state index >= 15 is 0 Å². The summed E-state index contributed by atoms with van der Waals surface area (Å²) < 4.78 is 5.42. The normalized spacial score (nSPS) is 20.7. The SMILES string of the molecule is CC(NC(=NCC1CC(=O)N(C2CC2)C1)NCCc1ccco1)c1ccccc1. The van der Waals surface area contributed by atoms with Crippen molar-refractivity contribution in [3.05, 3.63) is 60.1 Å². The van der Waals surface area contributed by atoms with Crippen LogP contribution in [0.15, 0.2) is 58.1 Å². The fourth-order valence-electron chi connectivity index (χ4n) is 3.83. The second-order valence-electron chi connectivity index (χ2n) is 8.07. The molecule has 1 saturated heterocycles. The molecule has 1 aromatic heterocycles. The van der Waals surface area contributed by atoms with Crippen LogP contribution in [0.4, 0.5) is 0 Å². The Balaban J connectivity index is 1.36. The molecule has 2 aliphatic rings. The van der Waals surface area contributed by atoms with E-state index in [-0.39, 0.29) is 6.04 Å². The highest BCUT2D eigenvalue weighted by Crippen LogP contribution is 2.32. The molecule has 154 valence electrons. The Bertz CT molecular complexity index is 815. The quantitative estimate of drug-likeness (QED) is 0.533. The number of likely N-dealkylation sites (tertiary alicyclic amines) is 1. The fraction of sp³-hybridized carbons (Fsp3) is 0.478. The van der Waals surface area contributed by atoms with Crippen molar-refractivity contribution in [2.24, 2.45) is 10.9 Å². The highest BCUT2D eigenvalue weighted by molar-refractivity contribution is 5.81. The van der Waals surface area contributed by atoms with Gasteiger partial charge in [0.2, 0.25) is 5.91 Å². The molecule has 1 aromatic carbocycles. The second-order valence-corrected chi connectivity index (χ2v) is 8.07. The van der Waals surface area contributed by atoms with Crippen LogP contribution in [-0.4, -0.2) is 42.4 Å². The summed E-state index contributed by atoms with van der Waals surface area (Å²) in [4.78, 5) is 19.1. The number of rotatable bonds is 8. The summed E-state index contributed by atoms with van der Waals surface area (Å²) in [5.41, 5.74) is 1.21. The molecule has 2 heterocycles. The number of hydrogen-bond acceptors (Lipinski definition) is 3. The molecule has 2 atom stereocenters. The summed E-state index contributed by atoms with van der Waals surface area (Å²) in [6, 6.07) is 14.9. The van der Waals surface area contributed by atoms with E-state index in [1.54, 1.807) is 6.26 Å². The van der Waals surface area contributed by atoms with E-state index in [1.807, 2.05) is 30.3 Å². The number of nitrogens with zero attached hydrogens (tertiary/aromatic N) is 2. The Morgan fingerprint density at radius 1 is 1.24 bits per heavy atom. The molecule has 1 amide bonds. The minimum atomic E-state index is 0.138. The van der Waals surface area contributed by atoms with Crippen molar-refractivity contribution in [1.29, 1.82) is 0 Å². The molecule has 1 aliphatic heterocycles. The summed E-state index contributed by atoms with van der Waals surface area (Å²) in [5, 5.41) is 6.93. The van der Waals surface area contributed by atoms with Crippen molar-refractivity contribution in [2.75, 3.05) is 19.6 Å². The average molecular weight is 395 g/mol. The van der Waals surface area contributed by atoms with Gasteiger partial charge in [0.25, 0.3) is 0 Å². The molecule has 2 aromatic rings. The summed E-state index contributed by atoms with van der Waals surface area (Å²) in [6.45, 7) is 4.37. The molecule has 0 bridgehead atoms. The number of amides is 1. The van der Waals surface area contributed by atoms with Gasteiger partial charge in [0, 0.05) is 44.4 Å². The third kappa shape index (κ3) is 5.40. The van der Waals surface area contributed by atoms with E-state index in [1.165, 1.54) is 5.56 Å². The van der Waals surface area contributed by atoms with Gasteiger partial charge in [0.05, 0.1) is 12.3 Å². The zero-order valence-corrected chi connectivity index (χ0v) is 17.0. The Morgan fingerprint density at radius 3 is 2.79 bits per heavy atom. The molecular weight excluding hydrogens is 364 g/mol. The van der Waals surface area contributed by atoms with Gasteiger partial charge in [-0.05, 0) is 37.5 Å². The van der Waals surface area contributed by atoms with E-state index in [2.05, 4.69) is 34.6 Å². The van der Waals surface area contributed by atoms with Gasteiger partial charge >= 0.3 is 0 Å². The van der Waals surface area contributed by atoms with E-state index in [4.69, 9.17) is 9.41 Å². The van der Waals surface area contributed by atoms with Crippen LogP contribution in [0, 0.1) is 5.92 Å². The number of carbonyl (C=O) groups excluding carboxylic acids is 1. The predicted octanol–water partition coefficient (Wildman–Crippen LogP) is 3.13. The maximum Gasteiger partial charge on any atom is 0.223 e. The minimum Gasteiger partial charge on any atom is -0.469 e. The molecule has 2 unspecified atom stereocenters. The number of benzene rings is 1. The average Bonchev–Trinajstić information content (AvgIpc) is 3.31. The van der Waals surface area contributed by atoms with Gasteiger partial charge in [-0.1, -0.05) is 30.3 Å². The zero-order valence-electron chi connectivity index (χ0n) is 17.0. The van der Waals surface area contributed by atoms with E-state index < -0.39 is 0 Å². The number of nitrogens with one attached hydrogen (secondary N) is 2. The standard InChI is InChI=1S/C23H30N4O2/c1-17(19-6-3-2-4-7-19)26-23(24-12-11-21-8-5-13-29-21)25-15-18-14-22(28)27(16-18)20-9-10-20/h2-8,13,17-18,20H,9-12,14-16H2,1H3,(H2,24,25,26). The summed E-state index contributed by atoms with van der Waals surface area (Å²) in [5.74, 6) is 2.34. The molecule has 6 nitrogen and oxygen atoms in total. The van der Waals surface area contributed by atoms with Gasteiger partial charge < -0.3 is 20.0 Å². The smallest absolute Gasteiger partial charge is 0.223 e. The first kappa shape index (κ1) is 19.6. The summed E-state index contributed by atoms with van der Waals surface area (Å²) >= 11 is 0. The summed E-state index contributed by atoms with van der Waals surface area (Å²) in [6.07, 6.45) is 5.44. The Morgan fingerprint density at radius 2 is 2.07 bits per heavy atom. The number of guanidine groups is 1. The molecule has 2 fully saturated rings. The van der Waals surface area contributed by atoms with Crippen molar-refractivity contribution in [3.63, 3.8) is 0 Å². The van der Waals surface area contributed by atoms with Crippen LogP contribution >= 0.6 is 0 Å². The molecule has 6 heteroatoms. The van der Waals surface area contributed by atoms with Gasteiger partial charge in [-0.15, -0.1) is 0 Å². The van der Waals surface area contributed by atoms with Gasteiger partial charge in [-0.3, -0.25) is 9.79 Å². The topological polar surface area (TPSA) is 69.9 Å². The number of furan rings is 1. The molecule has 1 saturated carbocycles. The molecule has 4 rings (SSSR count). The first-order chi connectivity index (χ1) is 14.2. The predicted molar refractivity (Wildman–Crippen MR) is 114 cm³/mol. The van der Waals surface area contributed by atoms with Gasteiger partial charge in [0.15, 0.2) is 5.96 Å². The molecule has 1 aliphatic carbocycles. The molecular formula is C23H30N4O2.